The van der Waals surface area contributed by atoms with Gasteiger partial charge < -0.3 is 9.55 Å². The van der Waals surface area contributed by atoms with Crippen LogP contribution < -0.4 is 5.56 Å². The number of nitrogens with zero attached hydrogens (tertiary/aromatic N) is 3. The maximum atomic E-state index is 11.1. The SMILES string of the molecule is O=c1ccc(-c2nccn2Cc2ncccc2Cl)c[nH]1. The summed E-state index contributed by atoms with van der Waals surface area (Å²) in [5, 5.41) is 0.619. The number of aromatic nitrogens is 4. The average Bonchev–Trinajstić information content (AvgIpc) is 2.90. The van der Waals surface area contributed by atoms with Crippen molar-refractivity contribution in [2.45, 2.75) is 6.54 Å². The quantitative estimate of drug-likeness (QED) is 0.804. The van der Waals surface area contributed by atoms with Gasteiger partial charge in [-0.25, -0.2) is 4.98 Å². The highest BCUT2D eigenvalue weighted by atomic mass is 35.5. The second kappa shape index (κ2) is 5.30. The number of hydrogen-bond acceptors (Lipinski definition) is 3. The van der Waals surface area contributed by atoms with Crippen LogP contribution in [0.2, 0.25) is 5.02 Å². The molecule has 0 saturated carbocycles. The van der Waals surface area contributed by atoms with Gasteiger partial charge in [0.15, 0.2) is 0 Å². The molecule has 3 rings (SSSR count). The van der Waals surface area contributed by atoms with Gasteiger partial charge in [0.1, 0.15) is 5.82 Å². The summed E-state index contributed by atoms with van der Waals surface area (Å²) in [6, 6.07) is 6.81. The molecule has 3 heterocycles. The summed E-state index contributed by atoms with van der Waals surface area (Å²) in [7, 11) is 0. The van der Waals surface area contributed by atoms with Crippen molar-refractivity contribution in [3.8, 4) is 11.4 Å². The summed E-state index contributed by atoms with van der Waals surface area (Å²) >= 11 is 6.12. The van der Waals surface area contributed by atoms with Gasteiger partial charge >= 0.3 is 0 Å². The van der Waals surface area contributed by atoms with Crippen LogP contribution >= 0.6 is 11.6 Å². The fourth-order valence-electron chi connectivity index (χ4n) is 1.94. The van der Waals surface area contributed by atoms with Crippen LogP contribution in [0.4, 0.5) is 0 Å². The van der Waals surface area contributed by atoms with Crippen LogP contribution in [0.25, 0.3) is 11.4 Å². The third-order valence-corrected chi connectivity index (χ3v) is 3.26. The molecule has 100 valence electrons. The smallest absolute Gasteiger partial charge is 0.247 e. The fourth-order valence-corrected chi connectivity index (χ4v) is 2.12. The summed E-state index contributed by atoms with van der Waals surface area (Å²) in [4.78, 5) is 22.3. The third kappa shape index (κ3) is 2.48. The Morgan fingerprint density at radius 2 is 2.10 bits per heavy atom. The highest BCUT2D eigenvalue weighted by molar-refractivity contribution is 6.31. The Labute approximate surface area is 119 Å². The first-order chi connectivity index (χ1) is 9.74. The van der Waals surface area contributed by atoms with E-state index >= 15 is 0 Å². The Hall–Kier alpha value is -2.40. The van der Waals surface area contributed by atoms with Gasteiger partial charge in [0.2, 0.25) is 5.56 Å². The molecule has 0 spiro atoms. The topological polar surface area (TPSA) is 63.6 Å². The van der Waals surface area contributed by atoms with Crippen molar-refractivity contribution < 1.29 is 0 Å². The Kier molecular flexibility index (Phi) is 3.35. The molecule has 0 amide bonds. The first-order valence-corrected chi connectivity index (χ1v) is 6.41. The van der Waals surface area contributed by atoms with E-state index in [1.54, 1.807) is 36.8 Å². The molecule has 20 heavy (non-hydrogen) atoms. The predicted octanol–water partition coefficient (Wildman–Crippen LogP) is 2.34. The highest BCUT2D eigenvalue weighted by Gasteiger charge is 2.08. The standard InChI is InChI=1S/C14H11ClN4O/c15-11-2-1-5-16-12(11)9-19-7-6-17-14(19)10-3-4-13(20)18-8-10/h1-8H,9H2,(H,18,20). The predicted molar refractivity (Wildman–Crippen MR) is 76.6 cm³/mol. The van der Waals surface area contributed by atoms with E-state index in [4.69, 9.17) is 11.6 Å². The van der Waals surface area contributed by atoms with Crippen LogP contribution in [0.5, 0.6) is 0 Å². The molecular weight excluding hydrogens is 276 g/mol. The zero-order valence-electron chi connectivity index (χ0n) is 10.5. The molecule has 0 aliphatic heterocycles. The first-order valence-electron chi connectivity index (χ1n) is 6.04. The molecule has 0 aliphatic rings. The van der Waals surface area contributed by atoms with Crippen molar-refractivity contribution in [2.75, 3.05) is 0 Å². The van der Waals surface area contributed by atoms with Crippen LogP contribution in [0.15, 0.2) is 53.8 Å². The maximum Gasteiger partial charge on any atom is 0.247 e. The number of hydrogen-bond donors (Lipinski definition) is 1. The van der Waals surface area contributed by atoms with E-state index in [2.05, 4.69) is 15.0 Å². The minimum absolute atomic E-state index is 0.139. The van der Waals surface area contributed by atoms with Crippen LogP contribution in [0.3, 0.4) is 0 Å². The molecule has 0 aliphatic carbocycles. The number of H-pyrrole nitrogens is 1. The molecule has 6 heteroatoms. The van der Waals surface area contributed by atoms with Gasteiger partial charge in [0.25, 0.3) is 0 Å². The normalized spacial score (nSPS) is 10.7. The lowest BCUT2D eigenvalue weighted by molar-refractivity contribution is 0.781. The van der Waals surface area contributed by atoms with Crippen molar-refractivity contribution >= 4 is 11.6 Å². The van der Waals surface area contributed by atoms with Crippen LogP contribution in [-0.4, -0.2) is 19.5 Å². The molecule has 0 radical (unpaired) electrons. The number of aromatic amines is 1. The number of halogens is 1. The second-order valence-corrected chi connectivity index (χ2v) is 4.66. The minimum Gasteiger partial charge on any atom is -0.328 e. The summed E-state index contributed by atoms with van der Waals surface area (Å²) in [5.41, 5.74) is 1.47. The Morgan fingerprint density at radius 1 is 1.20 bits per heavy atom. The largest absolute Gasteiger partial charge is 0.328 e. The molecule has 3 aromatic heterocycles. The highest BCUT2D eigenvalue weighted by Crippen LogP contribution is 2.19. The van der Waals surface area contributed by atoms with E-state index in [0.29, 0.717) is 11.6 Å². The van der Waals surface area contributed by atoms with Gasteiger partial charge in [0, 0.05) is 36.4 Å². The van der Waals surface area contributed by atoms with Crippen molar-refractivity contribution in [3.05, 3.63) is 70.1 Å². The monoisotopic (exact) mass is 286 g/mol. The van der Waals surface area contributed by atoms with Crippen LogP contribution in [0, 0.1) is 0 Å². The van der Waals surface area contributed by atoms with Gasteiger partial charge in [-0.2, -0.15) is 0 Å². The van der Waals surface area contributed by atoms with E-state index in [1.165, 1.54) is 6.07 Å². The van der Waals surface area contributed by atoms with Crippen LogP contribution in [-0.2, 0) is 6.54 Å². The van der Waals surface area contributed by atoms with E-state index in [0.717, 1.165) is 17.1 Å². The lowest BCUT2D eigenvalue weighted by atomic mass is 10.2. The summed E-state index contributed by atoms with van der Waals surface area (Å²) in [5.74, 6) is 0.753. The number of imidazole rings is 1. The Balaban J connectivity index is 1.97. The average molecular weight is 287 g/mol. The lowest BCUT2D eigenvalue weighted by Crippen LogP contribution is -2.06. The summed E-state index contributed by atoms with van der Waals surface area (Å²) in [6.45, 7) is 0.522. The minimum atomic E-state index is -0.139. The van der Waals surface area contributed by atoms with Gasteiger partial charge in [-0.15, -0.1) is 0 Å². The molecule has 0 atom stereocenters. The maximum absolute atomic E-state index is 11.1. The lowest BCUT2D eigenvalue weighted by Gasteiger charge is -2.08. The van der Waals surface area contributed by atoms with Gasteiger partial charge in [-0.3, -0.25) is 9.78 Å². The molecule has 5 nitrogen and oxygen atoms in total. The Bertz CT molecular complexity index is 773. The van der Waals surface area contributed by atoms with Gasteiger partial charge in [0.05, 0.1) is 17.3 Å². The van der Waals surface area contributed by atoms with Crippen molar-refractivity contribution in [1.29, 1.82) is 0 Å². The fraction of sp³-hybridized carbons (Fsp3) is 0.0714. The van der Waals surface area contributed by atoms with Crippen LogP contribution in [0.1, 0.15) is 5.69 Å². The van der Waals surface area contributed by atoms with Crippen molar-refractivity contribution in [3.63, 3.8) is 0 Å². The van der Waals surface area contributed by atoms with E-state index in [9.17, 15) is 4.79 Å². The molecular formula is C14H11ClN4O. The zero-order chi connectivity index (χ0) is 13.9. The molecule has 1 N–H and O–H groups in total. The van der Waals surface area contributed by atoms with E-state index in [-0.39, 0.29) is 5.56 Å². The van der Waals surface area contributed by atoms with Crippen molar-refractivity contribution in [2.24, 2.45) is 0 Å². The van der Waals surface area contributed by atoms with E-state index in [1.807, 2.05) is 10.8 Å². The Morgan fingerprint density at radius 3 is 2.85 bits per heavy atom. The molecule has 3 aromatic rings. The van der Waals surface area contributed by atoms with E-state index < -0.39 is 0 Å². The summed E-state index contributed by atoms with van der Waals surface area (Å²) in [6.07, 6.45) is 6.90. The molecule has 0 saturated heterocycles. The molecule has 0 unspecified atom stereocenters. The van der Waals surface area contributed by atoms with Gasteiger partial charge in [-0.1, -0.05) is 11.6 Å². The molecule has 0 bridgehead atoms. The molecule has 0 aromatic carbocycles. The second-order valence-electron chi connectivity index (χ2n) is 4.25. The number of rotatable bonds is 3. The van der Waals surface area contributed by atoms with Crippen molar-refractivity contribution in [1.82, 2.24) is 19.5 Å². The summed E-state index contributed by atoms with van der Waals surface area (Å²) < 4.78 is 1.93. The molecule has 0 fully saturated rings. The number of pyridine rings is 2. The van der Waals surface area contributed by atoms with Gasteiger partial charge in [-0.05, 0) is 18.2 Å². The zero-order valence-corrected chi connectivity index (χ0v) is 11.2. The third-order valence-electron chi connectivity index (χ3n) is 2.91. The number of nitrogens with one attached hydrogen (secondary N) is 1. The first kappa shape index (κ1) is 12.6.